The smallest absolute Gasteiger partial charge is 0.141 e. The summed E-state index contributed by atoms with van der Waals surface area (Å²) in [6, 6.07) is 2.82. The molecule has 1 aliphatic carbocycles. The minimum atomic E-state index is -0.322. The van der Waals surface area contributed by atoms with Gasteiger partial charge in [-0.2, -0.15) is 0 Å². The van der Waals surface area contributed by atoms with Crippen LogP contribution < -0.4 is 10.5 Å². The highest BCUT2D eigenvalue weighted by atomic mass is 35.5. The zero-order valence-electron chi connectivity index (χ0n) is 10.6. The lowest BCUT2D eigenvalue weighted by Crippen LogP contribution is -2.08. The number of ether oxygens (including phenoxy) is 1. The molecule has 0 spiro atoms. The van der Waals surface area contributed by atoms with Gasteiger partial charge >= 0.3 is 0 Å². The number of nitrogens with two attached hydrogens (primary N) is 1. The first-order valence-electron chi connectivity index (χ1n) is 6.43. The molecular formula is C14H19ClFNO. The van der Waals surface area contributed by atoms with Gasteiger partial charge in [-0.1, -0.05) is 18.5 Å². The van der Waals surface area contributed by atoms with E-state index in [0.29, 0.717) is 29.8 Å². The van der Waals surface area contributed by atoms with E-state index in [1.54, 1.807) is 0 Å². The van der Waals surface area contributed by atoms with Gasteiger partial charge in [0.05, 0.1) is 11.6 Å². The Morgan fingerprint density at radius 3 is 2.83 bits per heavy atom. The van der Waals surface area contributed by atoms with Crippen LogP contribution in [0.4, 0.5) is 4.39 Å². The molecule has 2 N–H and O–H groups in total. The molecular weight excluding hydrogens is 253 g/mol. The third-order valence-corrected chi connectivity index (χ3v) is 3.61. The molecule has 18 heavy (non-hydrogen) atoms. The molecule has 1 atom stereocenters. The highest BCUT2D eigenvalue weighted by Gasteiger charge is 2.24. The Kier molecular flexibility index (Phi) is 4.46. The van der Waals surface area contributed by atoms with E-state index < -0.39 is 0 Å². The van der Waals surface area contributed by atoms with Crippen LogP contribution in [0, 0.1) is 11.7 Å². The molecule has 1 aromatic rings. The number of rotatable bonds is 6. The largest absolute Gasteiger partial charge is 0.491 e. The summed E-state index contributed by atoms with van der Waals surface area (Å²) in [5.74, 6) is 1.10. The van der Waals surface area contributed by atoms with Gasteiger partial charge in [0.2, 0.25) is 0 Å². The normalized spacial score (nSPS) is 16.7. The highest BCUT2D eigenvalue weighted by Crippen LogP contribution is 2.38. The van der Waals surface area contributed by atoms with E-state index in [9.17, 15) is 4.39 Å². The fraction of sp³-hybridized carbons (Fsp3) is 0.571. The molecule has 0 aromatic heterocycles. The van der Waals surface area contributed by atoms with Crippen molar-refractivity contribution in [2.24, 2.45) is 11.7 Å². The molecule has 1 aliphatic rings. The van der Waals surface area contributed by atoms with Gasteiger partial charge in [-0.15, -0.1) is 0 Å². The van der Waals surface area contributed by atoms with Crippen LogP contribution in [0.15, 0.2) is 12.1 Å². The molecule has 2 rings (SSSR count). The summed E-state index contributed by atoms with van der Waals surface area (Å²) < 4.78 is 19.2. The first-order valence-corrected chi connectivity index (χ1v) is 6.81. The van der Waals surface area contributed by atoms with Crippen LogP contribution in [0.3, 0.4) is 0 Å². The van der Waals surface area contributed by atoms with Crippen LogP contribution in [0.5, 0.6) is 5.75 Å². The maximum Gasteiger partial charge on any atom is 0.141 e. The number of benzene rings is 1. The maximum absolute atomic E-state index is 13.4. The summed E-state index contributed by atoms with van der Waals surface area (Å²) in [5, 5.41) is 0.356. The van der Waals surface area contributed by atoms with E-state index in [1.807, 2.05) is 6.92 Å². The quantitative estimate of drug-likeness (QED) is 0.856. The van der Waals surface area contributed by atoms with Crippen molar-refractivity contribution >= 4 is 11.6 Å². The zero-order chi connectivity index (χ0) is 13.1. The topological polar surface area (TPSA) is 35.2 Å². The Labute approximate surface area is 112 Å². The molecule has 1 fully saturated rings. The molecule has 0 bridgehead atoms. The highest BCUT2D eigenvalue weighted by molar-refractivity contribution is 6.32. The lowest BCUT2D eigenvalue weighted by molar-refractivity contribution is 0.294. The van der Waals surface area contributed by atoms with Crippen molar-refractivity contribution in [3.8, 4) is 5.75 Å². The first-order chi connectivity index (χ1) is 8.61. The van der Waals surface area contributed by atoms with Crippen molar-refractivity contribution < 1.29 is 9.13 Å². The second-order valence-electron chi connectivity index (χ2n) is 5.04. The van der Waals surface area contributed by atoms with Crippen molar-refractivity contribution in [2.45, 2.75) is 32.1 Å². The Balaban J connectivity index is 2.21. The summed E-state index contributed by atoms with van der Waals surface area (Å²) in [5.41, 5.74) is 6.38. The lowest BCUT2D eigenvalue weighted by atomic mass is 9.96. The minimum Gasteiger partial charge on any atom is -0.491 e. The van der Waals surface area contributed by atoms with Crippen molar-refractivity contribution in [1.29, 1.82) is 0 Å². The van der Waals surface area contributed by atoms with Crippen molar-refractivity contribution in [1.82, 2.24) is 0 Å². The van der Waals surface area contributed by atoms with E-state index in [-0.39, 0.29) is 11.7 Å². The molecule has 100 valence electrons. The van der Waals surface area contributed by atoms with Gasteiger partial charge in [0.15, 0.2) is 0 Å². The van der Waals surface area contributed by atoms with E-state index in [4.69, 9.17) is 22.1 Å². The standard InChI is InChI=1S/C14H19ClFNO/c1-9(4-5-17)12-6-11(16)7-13(15)14(12)18-8-10-2-3-10/h6-7,9-10H,2-5,8,17H2,1H3. The zero-order valence-corrected chi connectivity index (χ0v) is 11.3. The van der Waals surface area contributed by atoms with Crippen LogP contribution in [0.2, 0.25) is 5.02 Å². The molecule has 0 radical (unpaired) electrons. The molecule has 0 saturated heterocycles. The fourth-order valence-corrected chi connectivity index (χ4v) is 2.26. The molecule has 1 aromatic carbocycles. The summed E-state index contributed by atoms with van der Waals surface area (Å²) in [6.45, 7) is 3.26. The van der Waals surface area contributed by atoms with Crippen molar-refractivity contribution in [3.05, 3.63) is 28.5 Å². The predicted molar refractivity (Wildman–Crippen MR) is 71.7 cm³/mol. The van der Waals surface area contributed by atoms with Gasteiger partial charge in [-0.3, -0.25) is 0 Å². The van der Waals surface area contributed by atoms with Gasteiger partial charge in [-0.25, -0.2) is 4.39 Å². The SMILES string of the molecule is CC(CCN)c1cc(F)cc(Cl)c1OCC1CC1. The summed E-state index contributed by atoms with van der Waals surface area (Å²) in [4.78, 5) is 0. The minimum absolute atomic E-state index is 0.150. The fourth-order valence-electron chi connectivity index (χ4n) is 1.99. The summed E-state index contributed by atoms with van der Waals surface area (Å²) in [6.07, 6.45) is 3.22. The van der Waals surface area contributed by atoms with E-state index in [2.05, 4.69) is 0 Å². The Bertz CT molecular complexity index is 421. The molecule has 0 heterocycles. The van der Waals surface area contributed by atoms with Gasteiger partial charge in [0.25, 0.3) is 0 Å². The van der Waals surface area contributed by atoms with Crippen LogP contribution in [-0.4, -0.2) is 13.2 Å². The second-order valence-corrected chi connectivity index (χ2v) is 5.45. The summed E-state index contributed by atoms with van der Waals surface area (Å²) >= 11 is 6.09. The maximum atomic E-state index is 13.4. The van der Waals surface area contributed by atoms with Crippen LogP contribution in [0.1, 0.15) is 37.7 Å². The van der Waals surface area contributed by atoms with E-state index in [0.717, 1.165) is 12.0 Å². The molecule has 0 aliphatic heterocycles. The Morgan fingerprint density at radius 2 is 2.22 bits per heavy atom. The predicted octanol–water partition coefficient (Wildman–Crippen LogP) is 3.72. The third kappa shape index (κ3) is 3.36. The van der Waals surface area contributed by atoms with Gasteiger partial charge in [-0.05, 0) is 49.8 Å². The molecule has 1 unspecified atom stereocenters. The number of halogens is 2. The Morgan fingerprint density at radius 1 is 1.50 bits per heavy atom. The molecule has 0 amide bonds. The second kappa shape index (κ2) is 5.89. The molecule has 2 nitrogen and oxygen atoms in total. The average Bonchev–Trinajstić information content (AvgIpc) is 3.11. The summed E-state index contributed by atoms with van der Waals surface area (Å²) in [7, 11) is 0. The number of hydrogen-bond donors (Lipinski definition) is 1. The molecule has 1 saturated carbocycles. The number of hydrogen-bond acceptors (Lipinski definition) is 2. The Hall–Kier alpha value is -0.800. The van der Waals surface area contributed by atoms with E-state index >= 15 is 0 Å². The van der Waals surface area contributed by atoms with E-state index in [1.165, 1.54) is 25.0 Å². The first kappa shape index (κ1) is 13.6. The van der Waals surface area contributed by atoms with Crippen LogP contribution in [-0.2, 0) is 0 Å². The van der Waals surface area contributed by atoms with Crippen molar-refractivity contribution in [2.75, 3.05) is 13.2 Å². The van der Waals surface area contributed by atoms with Crippen molar-refractivity contribution in [3.63, 3.8) is 0 Å². The lowest BCUT2D eigenvalue weighted by Gasteiger charge is -2.18. The average molecular weight is 272 g/mol. The van der Waals surface area contributed by atoms with Crippen LogP contribution in [0.25, 0.3) is 0 Å². The van der Waals surface area contributed by atoms with Gasteiger partial charge < -0.3 is 10.5 Å². The monoisotopic (exact) mass is 271 g/mol. The van der Waals surface area contributed by atoms with Gasteiger partial charge in [0, 0.05) is 5.56 Å². The van der Waals surface area contributed by atoms with Crippen LogP contribution >= 0.6 is 11.6 Å². The molecule has 4 heteroatoms. The van der Waals surface area contributed by atoms with Gasteiger partial charge in [0.1, 0.15) is 11.6 Å². The third-order valence-electron chi connectivity index (χ3n) is 3.33.